The van der Waals surface area contributed by atoms with E-state index in [-0.39, 0.29) is 28.1 Å². The van der Waals surface area contributed by atoms with E-state index in [9.17, 15) is 27.7 Å². The number of hydrogen-bond donors (Lipinski definition) is 4. The normalized spacial score (nSPS) is 24.2. The second kappa shape index (κ2) is 11.9. The molecule has 0 spiro atoms. The van der Waals surface area contributed by atoms with Crippen LogP contribution in [0.15, 0.2) is 78.9 Å². The highest BCUT2D eigenvalue weighted by atomic mass is 32.1. The maximum atomic E-state index is 14.3. The summed E-state index contributed by atoms with van der Waals surface area (Å²) in [5, 5.41) is 6.06. The van der Waals surface area contributed by atoms with Gasteiger partial charge in [-0.15, -0.1) is 11.3 Å². The second-order valence-corrected chi connectivity index (χ2v) is 15.4. The van der Waals surface area contributed by atoms with Gasteiger partial charge < -0.3 is 25.3 Å². The Labute approximate surface area is 273 Å². The van der Waals surface area contributed by atoms with E-state index in [4.69, 9.17) is 9.79 Å². The Morgan fingerprint density at radius 2 is 1.60 bits per heavy atom. The van der Waals surface area contributed by atoms with Crippen molar-refractivity contribution in [3.8, 4) is 11.1 Å². The topological polar surface area (TPSA) is 136 Å². The molecule has 3 aliphatic rings. The quantitative estimate of drug-likeness (QED) is 0.169. The van der Waals surface area contributed by atoms with E-state index in [0.717, 1.165) is 47.4 Å². The average molecular weight is 680 g/mol. The van der Waals surface area contributed by atoms with Gasteiger partial charge in [-0.3, -0.25) is 18.9 Å². The lowest BCUT2D eigenvalue weighted by molar-refractivity contribution is -0.141. The van der Waals surface area contributed by atoms with Gasteiger partial charge >= 0.3 is 13.3 Å². The van der Waals surface area contributed by atoms with E-state index >= 15 is 0 Å². The fraction of sp³-hybridized carbons (Fsp3) is 0.324. The highest BCUT2D eigenvalue weighted by molar-refractivity contribution is 7.52. The molecule has 3 fully saturated rings. The molecule has 4 N–H and O–H groups in total. The Balaban J connectivity index is 1.08. The number of thiophene rings is 1. The minimum atomic E-state index is -5.76. The highest BCUT2D eigenvalue weighted by Crippen LogP contribution is 2.59. The van der Waals surface area contributed by atoms with Crippen molar-refractivity contribution in [2.24, 2.45) is 11.8 Å². The predicted octanol–water partition coefficient (Wildman–Crippen LogP) is 6.32. The molecule has 0 unspecified atom stereocenters. The minimum Gasteiger partial charge on any atom is -0.340 e. The Hall–Kier alpha value is -3.96. The first kappa shape index (κ1) is 31.6. The lowest BCUT2D eigenvalue weighted by Gasteiger charge is -2.35. The SMILES string of the molecule is O=C(N[C@H]1C[C@@H]2C[C@@H]2C[C@H]2CC[C@@H](C(=O)Nc3ccc(-c4ccccc4)cc3)N2C1=O)c1cc2cc(C(F)(F)P(=O)(O)O)ccc2s1. The molecule has 3 amide bonds. The molecule has 1 aromatic heterocycles. The molecule has 2 aliphatic heterocycles. The molecule has 13 heteroatoms. The van der Waals surface area contributed by atoms with Gasteiger partial charge in [-0.2, -0.15) is 8.78 Å². The van der Waals surface area contributed by atoms with E-state index < -0.39 is 36.8 Å². The summed E-state index contributed by atoms with van der Waals surface area (Å²) in [4.78, 5) is 61.2. The molecule has 47 heavy (non-hydrogen) atoms. The van der Waals surface area contributed by atoms with E-state index in [0.29, 0.717) is 41.5 Å². The van der Waals surface area contributed by atoms with Gasteiger partial charge in [0.05, 0.1) is 4.88 Å². The maximum absolute atomic E-state index is 14.3. The zero-order valence-corrected chi connectivity index (χ0v) is 26.7. The monoisotopic (exact) mass is 679 g/mol. The van der Waals surface area contributed by atoms with Crippen molar-refractivity contribution in [3.63, 3.8) is 0 Å². The molecule has 0 radical (unpaired) electrons. The van der Waals surface area contributed by atoms with E-state index in [1.807, 2.05) is 54.6 Å². The summed E-state index contributed by atoms with van der Waals surface area (Å²) >= 11 is 1.03. The molecular formula is C34H32F2N3O6PS. The Morgan fingerprint density at radius 1 is 0.894 bits per heavy atom. The smallest absolute Gasteiger partial charge is 0.340 e. The predicted molar refractivity (Wildman–Crippen MR) is 174 cm³/mol. The molecular weight excluding hydrogens is 647 g/mol. The van der Waals surface area contributed by atoms with Crippen molar-refractivity contribution < 1.29 is 37.5 Å². The molecule has 9 nitrogen and oxygen atoms in total. The number of nitrogens with zero attached hydrogens (tertiary/aromatic N) is 1. The van der Waals surface area contributed by atoms with Crippen LogP contribution in [0.5, 0.6) is 0 Å². The number of carbonyl (C=O) groups excluding carboxylic acids is 3. The van der Waals surface area contributed by atoms with Crippen LogP contribution in [0.25, 0.3) is 21.2 Å². The summed E-state index contributed by atoms with van der Waals surface area (Å²) in [6.07, 6.45) is 3.43. The van der Waals surface area contributed by atoms with Gasteiger partial charge in [0.2, 0.25) is 11.8 Å². The summed E-state index contributed by atoms with van der Waals surface area (Å²) in [6, 6.07) is 20.3. The van der Waals surface area contributed by atoms with Gasteiger partial charge in [0, 0.05) is 22.0 Å². The molecule has 2 saturated heterocycles. The third-order valence-corrected chi connectivity index (χ3v) is 11.7. The van der Waals surface area contributed by atoms with Crippen molar-refractivity contribution in [3.05, 3.63) is 89.3 Å². The molecule has 3 heterocycles. The Morgan fingerprint density at radius 3 is 2.32 bits per heavy atom. The van der Waals surface area contributed by atoms with E-state index in [1.54, 1.807) is 4.90 Å². The lowest BCUT2D eigenvalue weighted by Crippen LogP contribution is -2.55. The van der Waals surface area contributed by atoms with Crippen LogP contribution in [-0.2, 0) is 19.8 Å². The van der Waals surface area contributed by atoms with Gasteiger partial charge in [-0.1, -0.05) is 48.5 Å². The fourth-order valence-corrected chi connectivity index (χ4v) is 8.41. The van der Waals surface area contributed by atoms with Crippen molar-refractivity contribution in [1.29, 1.82) is 0 Å². The number of alkyl halides is 2. The van der Waals surface area contributed by atoms with Crippen molar-refractivity contribution in [2.75, 3.05) is 5.32 Å². The van der Waals surface area contributed by atoms with Crippen LogP contribution in [0.1, 0.15) is 47.3 Å². The average Bonchev–Trinajstić information content (AvgIpc) is 3.41. The summed E-state index contributed by atoms with van der Waals surface area (Å²) < 4.78 is 40.4. The Bertz CT molecular complexity index is 1910. The van der Waals surface area contributed by atoms with Gasteiger partial charge in [-0.05, 0) is 90.8 Å². The third-order valence-electron chi connectivity index (χ3n) is 9.56. The first-order valence-corrected chi connectivity index (χ1v) is 17.9. The zero-order chi connectivity index (χ0) is 33.1. The standard InChI is InChI=1S/C34H32F2N3O6PS/c35-34(36,46(43,44)45)24-8-13-29-23(15-24)18-30(47-29)32(41)38-27-17-22-14-21(22)16-26-11-12-28(39(26)33(27)42)31(40)37-25-9-6-20(7-10-25)19-4-2-1-3-5-19/h1-10,13,15,18,21-22,26-28H,11-12,14,16-17H2,(H,37,40)(H,38,41)(H2,43,44,45)/t21-,22+,26-,27+,28+/m1/s1. The number of hydrogen-bond acceptors (Lipinski definition) is 5. The van der Waals surface area contributed by atoms with Crippen LogP contribution in [0.4, 0.5) is 14.5 Å². The molecule has 4 aromatic rings. The summed E-state index contributed by atoms with van der Waals surface area (Å²) in [7, 11) is -5.76. The Kier molecular flexibility index (Phi) is 8.03. The fourth-order valence-electron chi connectivity index (χ4n) is 6.99. The van der Waals surface area contributed by atoms with Crippen LogP contribution >= 0.6 is 18.9 Å². The first-order valence-electron chi connectivity index (χ1n) is 15.5. The van der Waals surface area contributed by atoms with E-state index in [2.05, 4.69) is 10.6 Å². The number of amides is 3. The van der Waals surface area contributed by atoms with Gasteiger partial charge in [0.1, 0.15) is 12.1 Å². The van der Waals surface area contributed by atoms with Gasteiger partial charge in [0.15, 0.2) is 0 Å². The summed E-state index contributed by atoms with van der Waals surface area (Å²) in [5.74, 6) is -0.432. The second-order valence-electron chi connectivity index (χ2n) is 12.6. The zero-order valence-electron chi connectivity index (χ0n) is 25.0. The van der Waals surface area contributed by atoms with Crippen LogP contribution in [0, 0.1) is 11.8 Å². The number of halogens is 2. The maximum Gasteiger partial charge on any atom is 0.399 e. The number of anilines is 1. The van der Waals surface area contributed by atoms with Gasteiger partial charge in [-0.25, -0.2) is 0 Å². The van der Waals surface area contributed by atoms with E-state index in [1.165, 1.54) is 12.1 Å². The van der Waals surface area contributed by atoms with Crippen LogP contribution in [-0.4, -0.2) is 50.5 Å². The number of rotatable bonds is 7. The number of nitrogens with one attached hydrogen (secondary N) is 2. The highest BCUT2D eigenvalue weighted by Gasteiger charge is 2.52. The number of fused-ring (bicyclic) bond motifs is 3. The molecule has 1 aliphatic carbocycles. The lowest BCUT2D eigenvalue weighted by atomic mass is 9.99. The molecule has 7 rings (SSSR count). The van der Waals surface area contributed by atoms with Gasteiger partial charge in [0.25, 0.3) is 5.91 Å². The molecule has 3 aromatic carbocycles. The molecule has 244 valence electrons. The van der Waals surface area contributed by atoms with Crippen LogP contribution < -0.4 is 10.6 Å². The number of benzene rings is 3. The molecule has 0 bridgehead atoms. The third kappa shape index (κ3) is 6.11. The van der Waals surface area contributed by atoms with Crippen molar-refractivity contribution >= 4 is 52.4 Å². The molecule has 5 atom stereocenters. The first-order chi connectivity index (χ1) is 22.4. The van der Waals surface area contributed by atoms with Crippen molar-refractivity contribution in [1.82, 2.24) is 10.2 Å². The largest absolute Gasteiger partial charge is 0.399 e. The van der Waals surface area contributed by atoms with Crippen molar-refractivity contribution in [2.45, 2.75) is 55.9 Å². The summed E-state index contributed by atoms with van der Waals surface area (Å²) in [6.45, 7) is 0. The van der Waals surface area contributed by atoms with Crippen LogP contribution in [0.2, 0.25) is 0 Å². The minimum absolute atomic E-state index is 0.105. The molecule has 1 saturated carbocycles. The number of carbonyl (C=O) groups is 3. The summed E-state index contributed by atoms with van der Waals surface area (Å²) in [5.41, 5.74) is -2.54. The van der Waals surface area contributed by atoms with Crippen LogP contribution in [0.3, 0.4) is 0 Å².